The molecule has 3 unspecified atom stereocenters. The van der Waals surface area contributed by atoms with Crippen LogP contribution in [0.3, 0.4) is 0 Å². The summed E-state index contributed by atoms with van der Waals surface area (Å²) in [5, 5.41) is 9.63. The van der Waals surface area contributed by atoms with Gasteiger partial charge in [-0.1, -0.05) is 6.07 Å². The lowest BCUT2D eigenvalue weighted by Crippen LogP contribution is -2.63. The normalized spacial score (nSPS) is 35.0. The number of benzene rings is 1. The second kappa shape index (κ2) is 5.36. The highest BCUT2D eigenvalue weighted by molar-refractivity contribution is 5.46. The Morgan fingerprint density at radius 1 is 1.28 bits per heavy atom. The zero-order chi connectivity index (χ0) is 17.1. The third-order valence-electron chi connectivity index (χ3n) is 7.02. The van der Waals surface area contributed by atoms with E-state index in [9.17, 15) is 5.26 Å². The molecular formula is C20H24N2O3. The van der Waals surface area contributed by atoms with Gasteiger partial charge in [0.2, 0.25) is 0 Å². The van der Waals surface area contributed by atoms with Crippen LogP contribution in [0.25, 0.3) is 0 Å². The summed E-state index contributed by atoms with van der Waals surface area (Å²) in [5.74, 6) is 0.980. The molecule has 25 heavy (non-hydrogen) atoms. The highest BCUT2D eigenvalue weighted by atomic mass is 16.7. The van der Waals surface area contributed by atoms with E-state index in [4.69, 9.17) is 14.2 Å². The van der Waals surface area contributed by atoms with Crippen molar-refractivity contribution in [2.24, 2.45) is 5.92 Å². The van der Waals surface area contributed by atoms with Gasteiger partial charge in [-0.15, -0.1) is 0 Å². The minimum absolute atomic E-state index is 0.0305. The van der Waals surface area contributed by atoms with Crippen molar-refractivity contribution in [1.29, 1.82) is 5.26 Å². The smallest absolute Gasteiger partial charge is 0.179 e. The summed E-state index contributed by atoms with van der Waals surface area (Å²) in [5.41, 5.74) is 2.80. The molecule has 2 heterocycles. The lowest BCUT2D eigenvalue weighted by molar-refractivity contribution is -0.211. The molecule has 1 spiro atoms. The number of likely N-dealkylation sites (tertiary alicyclic amines) is 1. The molecule has 5 nitrogen and oxygen atoms in total. The molecule has 5 rings (SSSR count). The van der Waals surface area contributed by atoms with Gasteiger partial charge in [0.05, 0.1) is 20.3 Å². The molecule has 2 aliphatic carbocycles. The van der Waals surface area contributed by atoms with Crippen LogP contribution in [0.15, 0.2) is 18.2 Å². The van der Waals surface area contributed by atoms with Crippen molar-refractivity contribution in [3.8, 4) is 11.9 Å². The molecule has 4 aliphatic rings. The van der Waals surface area contributed by atoms with Crippen LogP contribution in [0.1, 0.15) is 36.8 Å². The number of hydrogen-bond acceptors (Lipinski definition) is 5. The van der Waals surface area contributed by atoms with Gasteiger partial charge in [0, 0.05) is 30.8 Å². The van der Waals surface area contributed by atoms with Gasteiger partial charge in [0.15, 0.2) is 12.0 Å². The van der Waals surface area contributed by atoms with Crippen LogP contribution in [0.2, 0.25) is 0 Å². The van der Waals surface area contributed by atoms with Crippen molar-refractivity contribution in [1.82, 2.24) is 4.90 Å². The third kappa shape index (κ3) is 2.07. The second-order valence-electron chi connectivity index (χ2n) is 7.92. The molecule has 3 atom stereocenters. The molecule has 0 radical (unpaired) electrons. The predicted octanol–water partition coefficient (Wildman–Crippen LogP) is 2.59. The van der Waals surface area contributed by atoms with E-state index >= 15 is 0 Å². The van der Waals surface area contributed by atoms with E-state index < -0.39 is 5.79 Å². The fraction of sp³-hybridized carbons (Fsp3) is 0.650. The van der Waals surface area contributed by atoms with Gasteiger partial charge in [-0.3, -0.25) is 0 Å². The number of ether oxygens (including phenoxy) is 3. The zero-order valence-electron chi connectivity index (χ0n) is 14.7. The number of hydrogen-bond donors (Lipinski definition) is 0. The number of rotatable bonds is 1. The number of nitrogens with zero attached hydrogens (tertiary/aromatic N) is 2. The molecule has 0 aromatic heterocycles. The van der Waals surface area contributed by atoms with Crippen LogP contribution in [0.4, 0.5) is 0 Å². The summed E-state index contributed by atoms with van der Waals surface area (Å²) in [6.07, 6.45) is 7.28. The van der Waals surface area contributed by atoms with Crippen molar-refractivity contribution < 1.29 is 14.2 Å². The lowest BCUT2D eigenvalue weighted by Gasteiger charge is -2.60. The maximum absolute atomic E-state index is 9.63. The Morgan fingerprint density at radius 2 is 2.12 bits per heavy atom. The van der Waals surface area contributed by atoms with Crippen molar-refractivity contribution >= 4 is 0 Å². The maximum atomic E-state index is 9.63. The van der Waals surface area contributed by atoms with Gasteiger partial charge in [-0.25, -0.2) is 0 Å². The molecule has 2 saturated heterocycles. The molecule has 1 saturated carbocycles. The van der Waals surface area contributed by atoms with E-state index in [2.05, 4.69) is 18.3 Å². The monoisotopic (exact) mass is 340 g/mol. The summed E-state index contributed by atoms with van der Waals surface area (Å²) in [4.78, 5) is 2.02. The molecule has 2 aliphatic heterocycles. The summed E-state index contributed by atoms with van der Waals surface area (Å²) in [7, 11) is 1.73. The average Bonchev–Trinajstić information content (AvgIpc) is 3.09. The number of methoxy groups -OCH3 is 1. The van der Waals surface area contributed by atoms with E-state index in [0.29, 0.717) is 25.2 Å². The molecule has 0 N–H and O–H groups in total. The summed E-state index contributed by atoms with van der Waals surface area (Å²) in [6.45, 7) is 2.21. The SMILES string of the molecule is COc1ccc2c(c1)C13CCN(C#N)C(C2)C1CCC1(C3)OCCO1. The van der Waals surface area contributed by atoms with Crippen molar-refractivity contribution in [2.45, 2.75) is 49.3 Å². The first kappa shape index (κ1) is 15.5. The minimum Gasteiger partial charge on any atom is -0.497 e. The number of piperidine rings is 1. The topological polar surface area (TPSA) is 54.7 Å². The highest BCUT2D eigenvalue weighted by Gasteiger charge is 2.60. The first-order valence-electron chi connectivity index (χ1n) is 9.31. The summed E-state index contributed by atoms with van der Waals surface area (Å²) >= 11 is 0. The Labute approximate surface area is 148 Å². The van der Waals surface area contributed by atoms with E-state index in [0.717, 1.165) is 44.4 Å². The predicted molar refractivity (Wildman–Crippen MR) is 91.1 cm³/mol. The van der Waals surface area contributed by atoms with Crippen LogP contribution in [0.5, 0.6) is 5.75 Å². The third-order valence-corrected chi connectivity index (χ3v) is 7.02. The molecule has 3 fully saturated rings. The largest absolute Gasteiger partial charge is 0.497 e. The van der Waals surface area contributed by atoms with E-state index in [1.165, 1.54) is 11.1 Å². The zero-order valence-corrected chi connectivity index (χ0v) is 14.7. The molecular weight excluding hydrogens is 316 g/mol. The standard InChI is InChI=1S/C20H24N2O3/c1-23-15-3-2-14-10-18-16-4-5-20(24-8-9-25-20)12-19(16,17(14)11-15)6-7-22(18)13-21/h2-3,11,16,18H,4-10,12H2,1H3. The Bertz CT molecular complexity index is 737. The first-order valence-corrected chi connectivity index (χ1v) is 9.31. The van der Waals surface area contributed by atoms with E-state index in [-0.39, 0.29) is 5.41 Å². The molecule has 1 aromatic carbocycles. The lowest BCUT2D eigenvalue weighted by atomic mass is 9.51. The number of nitriles is 1. The van der Waals surface area contributed by atoms with Crippen molar-refractivity contribution in [2.75, 3.05) is 26.9 Å². The maximum Gasteiger partial charge on any atom is 0.179 e. The van der Waals surface area contributed by atoms with Crippen LogP contribution < -0.4 is 4.74 Å². The van der Waals surface area contributed by atoms with Gasteiger partial charge < -0.3 is 19.1 Å². The van der Waals surface area contributed by atoms with Crippen LogP contribution in [-0.4, -0.2) is 43.6 Å². The van der Waals surface area contributed by atoms with Crippen molar-refractivity contribution in [3.63, 3.8) is 0 Å². The fourth-order valence-corrected chi connectivity index (χ4v) is 5.99. The Balaban J connectivity index is 1.65. The van der Waals surface area contributed by atoms with E-state index in [1.54, 1.807) is 7.11 Å². The van der Waals surface area contributed by atoms with Gasteiger partial charge >= 0.3 is 0 Å². The summed E-state index contributed by atoms with van der Waals surface area (Å²) < 4.78 is 17.7. The Kier molecular flexibility index (Phi) is 3.32. The van der Waals surface area contributed by atoms with Crippen LogP contribution in [0, 0.1) is 17.4 Å². The molecule has 0 amide bonds. The summed E-state index contributed by atoms with van der Waals surface area (Å²) in [6, 6.07) is 6.77. The molecule has 2 bridgehead atoms. The first-order chi connectivity index (χ1) is 12.2. The Hall–Kier alpha value is -1.77. The Morgan fingerprint density at radius 3 is 2.88 bits per heavy atom. The quantitative estimate of drug-likeness (QED) is 0.736. The van der Waals surface area contributed by atoms with Gasteiger partial charge in [-0.05, 0) is 48.4 Å². The van der Waals surface area contributed by atoms with Crippen LogP contribution >= 0.6 is 0 Å². The van der Waals surface area contributed by atoms with Gasteiger partial charge in [0.1, 0.15) is 5.75 Å². The number of fused-ring (bicyclic) bond motifs is 1. The fourth-order valence-electron chi connectivity index (χ4n) is 5.99. The second-order valence-corrected chi connectivity index (χ2v) is 7.92. The highest BCUT2D eigenvalue weighted by Crippen LogP contribution is 2.59. The van der Waals surface area contributed by atoms with E-state index in [1.807, 2.05) is 11.0 Å². The van der Waals surface area contributed by atoms with Gasteiger partial charge in [-0.2, -0.15) is 5.26 Å². The van der Waals surface area contributed by atoms with Crippen molar-refractivity contribution in [3.05, 3.63) is 29.3 Å². The van der Waals surface area contributed by atoms with Crippen LogP contribution in [-0.2, 0) is 21.3 Å². The average molecular weight is 340 g/mol. The van der Waals surface area contributed by atoms with Gasteiger partial charge in [0.25, 0.3) is 0 Å². The minimum atomic E-state index is -0.423. The molecule has 1 aromatic rings. The molecule has 132 valence electrons. The molecule has 5 heteroatoms.